The zero-order chi connectivity index (χ0) is 58.9. The molecule has 6 unspecified atom stereocenters. The first-order valence-corrected chi connectivity index (χ1v) is 32.2. The molecule has 0 aromatic carbocycles. The maximum atomic E-state index is 13.2. The molecule has 3 N–H and O–H groups in total. The number of hydrogen-bond acceptors (Lipinski definition) is 11. The number of aliphatic hydroxyl groups is 2. The van der Waals surface area contributed by atoms with Gasteiger partial charge in [0.15, 0.2) is 24.6 Å². The van der Waals surface area contributed by atoms with Gasteiger partial charge in [-0.1, -0.05) is 227 Å². The number of esters is 3. The fraction of sp³-hybridized carbons (Fsp3) is 0.710. The van der Waals surface area contributed by atoms with Gasteiger partial charge in [0.05, 0.1) is 6.61 Å². The SMILES string of the molecule is CC/C=C\C/C=C\C/C=C\CCCCCCCCCC(=O)OC(COC(=O)CCCCCCCCCCC/C=C\C/C=C\CCCCC)COC1OC(C(=O)O)C(O)C(O)C1OC(=O)CCCCCCC/C=C\C/C=C\C/C=C\CC. The van der Waals surface area contributed by atoms with E-state index in [0.29, 0.717) is 19.3 Å². The first-order valence-electron chi connectivity index (χ1n) is 32.2. The average Bonchev–Trinajstić information content (AvgIpc) is 3.52. The molecule has 0 bridgehead atoms. The quantitative estimate of drug-likeness (QED) is 0.0228. The van der Waals surface area contributed by atoms with Crippen LogP contribution in [-0.2, 0) is 42.9 Å². The van der Waals surface area contributed by atoms with Crippen molar-refractivity contribution in [2.45, 2.75) is 302 Å². The van der Waals surface area contributed by atoms with E-state index in [9.17, 15) is 34.5 Å². The number of carboxylic acid groups (broad SMARTS) is 1. The summed E-state index contributed by atoms with van der Waals surface area (Å²) >= 11 is 0. The van der Waals surface area contributed by atoms with Crippen molar-refractivity contribution in [3.05, 3.63) is 97.2 Å². The lowest BCUT2D eigenvalue weighted by Gasteiger charge is -2.40. The Kier molecular flexibility index (Phi) is 51.7. The number of ether oxygens (including phenoxy) is 5. The number of aliphatic carboxylic acids is 1. The third-order valence-electron chi connectivity index (χ3n) is 14.1. The Morgan fingerprint density at radius 3 is 1.19 bits per heavy atom. The molecule has 1 saturated heterocycles. The van der Waals surface area contributed by atoms with Gasteiger partial charge in [0.1, 0.15) is 18.8 Å². The highest BCUT2D eigenvalue weighted by Gasteiger charge is 2.50. The van der Waals surface area contributed by atoms with Gasteiger partial charge in [0, 0.05) is 19.3 Å². The van der Waals surface area contributed by atoms with Crippen molar-refractivity contribution in [1.82, 2.24) is 0 Å². The van der Waals surface area contributed by atoms with Crippen molar-refractivity contribution in [1.29, 1.82) is 0 Å². The van der Waals surface area contributed by atoms with Crippen molar-refractivity contribution in [2.75, 3.05) is 13.2 Å². The zero-order valence-corrected chi connectivity index (χ0v) is 51.0. The van der Waals surface area contributed by atoms with Crippen LogP contribution in [0.2, 0.25) is 0 Å². The van der Waals surface area contributed by atoms with Gasteiger partial charge in [-0.25, -0.2) is 4.79 Å². The smallest absolute Gasteiger partial charge is 0.335 e. The van der Waals surface area contributed by atoms with Gasteiger partial charge < -0.3 is 39.0 Å². The van der Waals surface area contributed by atoms with Crippen LogP contribution in [-0.4, -0.2) is 89.2 Å². The van der Waals surface area contributed by atoms with E-state index in [0.717, 1.165) is 148 Å². The second-order valence-corrected chi connectivity index (χ2v) is 21.6. The molecule has 81 heavy (non-hydrogen) atoms. The molecular weight excluding hydrogens is 1020 g/mol. The largest absolute Gasteiger partial charge is 0.479 e. The Bertz CT molecular complexity index is 1780. The van der Waals surface area contributed by atoms with E-state index in [4.69, 9.17) is 23.7 Å². The summed E-state index contributed by atoms with van der Waals surface area (Å²) in [5, 5.41) is 31.6. The second kappa shape index (κ2) is 56.1. The van der Waals surface area contributed by atoms with E-state index >= 15 is 0 Å². The van der Waals surface area contributed by atoms with Gasteiger partial charge >= 0.3 is 23.9 Å². The molecule has 12 heteroatoms. The molecule has 6 atom stereocenters. The molecule has 0 aromatic heterocycles. The van der Waals surface area contributed by atoms with Gasteiger partial charge in [0.2, 0.25) is 0 Å². The number of allylic oxidation sites excluding steroid dienone is 16. The monoisotopic (exact) mass is 1130 g/mol. The molecule has 1 fully saturated rings. The molecule has 0 spiro atoms. The first kappa shape index (κ1) is 74.7. The Morgan fingerprint density at radius 2 is 0.778 bits per heavy atom. The predicted octanol–water partition coefficient (Wildman–Crippen LogP) is 17.2. The molecule has 0 radical (unpaired) electrons. The van der Waals surface area contributed by atoms with Crippen LogP contribution < -0.4 is 0 Å². The summed E-state index contributed by atoms with van der Waals surface area (Å²) in [5.74, 6) is -3.16. The van der Waals surface area contributed by atoms with Gasteiger partial charge in [-0.05, 0) is 116 Å². The van der Waals surface area contributed by atoms with Gasteiger partial charge in [-0.2, -0.15) is 0 Å². The molecule has 0 saturated carbocycles. The van der Waals surface area contributed by atoms with E-state index in [1.165, 1.54) is 57.8 Å². The molecule has 1 heterocycles. The minimum absolute atomic E-state index is 0.0360. The average molecular weight is 1140 g/mol. The fourth-order valence-electron chi connectivity index (χ4n) is 9.25. The highest BCUT2D eigenvalue weighted by atomic mass is 16.7. The standard InChI is InChI=1S/C69H114O12/c1-4-7-10-13-16-19-22-25-28-30-31-33-35-37-40-43-46-49-52-55-61(70)77-58-60(79-62(71)56-53-50-47-44-41-39-36-32-29-26-23-20-17-14-11-8-5-2)59-78-69-67(65(74)64(73)66(81-69)68(75)76)80-63(72)57-54-51-48-45-42-38-34-27-24-21-18-15-12-9-6-3/h8-9,11-12,16-21,25-29,34,60,64-67,69,73-74H,4-7,10,13-15,22-24,30-33,35-59H2,1-3H3,(H,75,76)/b11-8-,12-9-,19-16-,20-17-,21-18-,28-25-,29-26-,34-27-. The number of carbonyl (C=O) groups excluding carboxylic acids is 3. The summed E-state index contributed by atoms with van der Waals surface area (Å²) in [6.07, 6.45) is 62.2. The van der Waals surface area contributed by atoms with Crippen molar-refractivity contribution < 1.29 is 58.2 Å². The Morgan fingerprint density at radius 1 is 0.420 bits per heavy atom. The minimum Gasteiger partial charge on any atom is -0.479 e. The normalized spacial score (nSPS) is 18.4. The second-order valence-electron chi connectivity index (χ2n) is 21.6. The topological polar surface area (TPSA) is 175 Å². The van der Waals surface area contributed by atoms with E-state index < -0.39 is 67.3 Å². The lowest BCUT2D eigenvalue weighted by Crippen LogP contribution is -2.61. The number of carbonyl (C=O) groups is 4. The molecule has 1 aliphatic heterocycles. The summed E-state index contributed by atoms with van der Waals surface area (Å²) in [6, 6.07) is 0. The van der Waals surface area contributed by atoms with Crippen LogP contribution in [0, 0.1) is 0 Å². The highest BCUT2D eigenvalue weighted by molar-refractivity contribution is 5.74. The molecular formula is C69H114O12. The van der Waals surface area contributed by atoms with Crippen LogP contribution in [0.4, 0.5) is 0 Å². The number of carboxylic acids is 1. The van der Waals surface area contributed by atoms with Crippen molar-refractivity contribution >= 4 is 23.9 Å². The summed E-state index contributed by atoms with van der Waals surface area (Å²) in [7, 11) is 0. The summed E-state index contributed by atoms with van der Waals surface area (Å²) in [6.45, 7) is 5.75. The molecule has 1 rings (SSSR count). The third kappa shape index (κ3) is 45.8. The number of unbranched alkanes of at least 4 members (excludes halogenated alkanes) is 24. The molecule has 0 amide bonds. The lowest BCUT2D eigenvalue weighted by atomic mass is 9.98. The minimum atomic E-state index is -1.92. The van der Waals surface area contributed by atoms with Gasteiger partial charge in [-0.15, -0.1) is 0 Å². The molecule has 0 aliphatic carbocycles. The molecule has 462 valence electrons. The number of rotatable bonds is 54. The molecule has 0 aromatic rings. The zero-order valence-electron chi connectivity index (χ0n) is 51.0. The third-order valence-corrected chi connectivity index (χ3v) is 14.1. The van der Waals surface area contributed by atoms with Crippen molar-refractivity contribution in [3.63, 3.8) is 0 Å². The maximum absolute atomic E-state index is 13.2. The van der Waals surface area contributed by atoms with Crippen LogP contribution in [0.15, 0.2) is 97.2 Å². The Labute approximate surface area is 492 Å². The highest BCUT2D eigenvalue weighted by Crippen LogP contribution is 2.26. The molecule has 12 nitrogen and oxygen atoms in total. The van der Waals surface area contributed by atoms with Gasteiger partial charge in [0.25, 0.3) is 0 Å². The van der Waals surface area contributed by atoms with E-state index in [1.807, 2.05) is 0 Å². The van der Waals surface area contributed by atoms with Gasteiger partial charge in [-0.3, -0.25) is 14.4 Å². The van der Waals surface area contributed by atoms with Crippen LogP contribution in [0.3, 0.4) is 0 Å². The number of hydrogen-bond donors (Lipinski definition) is 3. The van der Waals surface area contributed by atoms with E-state index in [2.05, 4.69) is 118 Å². The fourth-order valence-corrected chi connectivity index (χ4v) is 9.25. The van der Waals surface area contributed by atoms with Crippen LogP contribution >= 0.6 is 0 Å². The first-order chi connectivity index (χ1) is 39.6. The van der Waals surface area contributed by atoms with E-state index in [1.54, 1.807) is 0 Å². The Hall–Kier alpha value is -4.36. The maximum Gasteiger partial charge on any atom is 0.335 e. The van der Waals surface area contributed by atoms with Crippen molar-refractivity contribution in [2.24, 2.45) is 0 Å². The lowest BCUT2D eigenvalue weighted by molar-refractivity contribution is -0.301. The molecule has 1 aliphatic rings. The van der Waals surface area contributed by atoms with E-state index in [-0.39, 0.29) is 25.9 Å². The summed E-state index contributed by atoms with van der Waals surface area (Å²) in [5.41, 5.74) is 0. The predicted molar refractivity (Wildman–Crippen MR) is 331 cm³/mol. The van der Waals surface area contributed by atoms with Crippen LogP contribution in [0.25, 0.3) is 0 Å². The summed E-state index contributed by atoms with van der Waals surface area (Å²) < 4.78 is 28.5. The number of aliphatic hydroxyl groups excluding tert-OH is 2. The van der Waals surface area contributed by atoms with Crippen LogP contribution in [0.5, 0.6) is 0 Å². The summed E-state index contributed by atoms with van der Waals surface area (Å²) in [4.78, 5) is 51.3. The van der Waals surface area contributed by atoms with Crippen LogP contribution in [0.1, 0.15) is 265 Å². The Balaban J connectivity index is 2.68. The van der Waals surface area contributed by atoms with Crippen molar-refractivity contribution in [3.8, 4) is 0 Å².